The Bertz CT molecular complexity index is 548. The molecular weight excluding hydrogens is 232 g/mol. The third kappa shape index (κ3) is 1.85. The number of nitriles is 2. The summed E-state index contributed by atoms with van der Waals surface area (Å²) in [4.78, 5) is 11.8. The van der Waals surface area contributed by atoms with Gasteiger partial charge in [0, 0.05) is 5.71 Å². The molecule has 6 nitrogen and oxygen atoms in total. The molecule has 0 aliphatic carbocycles. The lowest BCUT2D eigenvalue weighted by atomic mass is 9.79. The molecule has 0 fully saturated rings. The van der Waals surface area contributed by atoms with E-state index in [1.165, 1.54) is 6.26 Å². The highest BCUT2D eigenvalue weighted by Gasteiger charge is 2.42. The van der Waals surface area contributed by atoms with E-state index in [9.17, 15) is 4.79 Å². The van der Waals surface area contributed by atoms with Gasteiger partial charge in [-0.3, -0.25) is 4.79 Å². The Balaban J connectivity index is 2.44. The highest BCUT2D eigenvalue weighted by Crippen LogP contribution is 2.35. The van der Waals surface area contributed by atoms with Crippen molar-refractivity contribution in [3.05, 3.63) is 24.2 Å². The molecule has 0 bridgehead atoms. The summed E-state index contributed by atoms with van der Waals surface area (Å²) in [7, 11) is 0. The van der Waals surface area contributed by atoms with Crippen LogP contribution in [0.2, 0.25) is 0 Å². The maximum absolute atomic E-state index is 11.8. The van der Waals surface area contributed by atoms with Crippen LogP contribution in [0.25, 0.3) is 0 Å². The van der Waals surface area contributed by atoms with E-state index in [0.717, 1.165) is 0 Å². The zero-order valence-corrected chi connectivity index (χ0v) is 9.62. The van der Waals surface area contributed by atoms with Gasteiger partial charge in [0.15, 0.2) is 0 Å². The van der Waals surface area contributed by atoms with Gasteiger partial charge >= 0.3 is 0 Å². The minimum Gasteiger partial charge on any atom is -0.469 e. The maximum Gasteiger partial charge on any atom is 0.249 e. The summed E-state index contributed by atoms with van der Waals surface area (Å²) in [5.74, 6) is -2.11. The fourth-order valence-corrected chi connectivity index (χ4v) is 2.09. The molecule has 2 unspecified atom stereocenters. The topological polar surface area (TPSA) is 102 Å². The van der Waals surface area contributed by atoms with Crippen LogP contribution in [0.3, 0.4) is 0 Å². The maximum atomic E-state index is 11.8. The summed E-state index contributed by atoms with van der Waals surface area (Å²) in [6.07, 6.45) is 1.45. The van der Waals surface area contributed by atoms with E-state index in [0.29, 0.717) is 11.5 Å². The number of amides is 1. The first-order valence-corrected chi connectivity index (χ1v) is 5.35. The normalized spacial score (nSPS) is 19.9. The molecule has 1 aromatic rings. The van der Waals surface area contributed by atoms with Crippen molar-refractivity contribution in [2.45, 2.75) is 12.8 Å². The van der Waals surface area contributed by atoms with E-state index in [4.69, 9.17) is 14.9 Å². The van der Waals surface area contributed by atoms with E-state index in [1.807, 2.05) is 12.1 Å². The van der Waals surface area contributed by atoms with Crippen LogP contribution in [0.1, 0.15) is 18.6 Å². The second-order valence-electron chi connectivity index (χ2n) is 3.98. The van der Waals surface area contributed by atoms with Crippen LogP contribution in [-0.4, -0.2) is 11.6 Å². The van der Waals surface area contributed by atoms with Crippen molar-refractivity contribution < 1.29 is 9.21 Å². The molecule has 1 N–H and O–H groups in total. The van der Waals surface area contributed by atoms with Gasteiger partial charge in [0.05, 0.1) is 30.2 Å². The molecular formula is C12H10N4O2. The molecule has 6 heteroatoms. The first-order valence-electron chi connectivity index (χ1n) is 5.35. The second kappa shape index (κ2) is 4.72. The van der Waals surface area contributed by atoms with Gasteiger partial charge in [-0.05, 0) is 19.1 Å². The van der Waals surface area contributed by atoms with Crippen molar-refractivity contribution in [1.82, 2.24) is 5.43 Å². The predicted octanol–water partition coefficient (Wildman–Crippen LogP) is 1.15. The minimum absolute atomic E-state index is 0.315. The Morgan fingerprint density at radius 2 is 2.22 bits per heavy atom. The molecule has 1 aromatic heterocycles. The van der Waals surface area contributed by atoms with Crippen LogP contribution in [0.4, 0.5) is 0 Å². The van der Waals surface area contributed by atoms with Crippen LogP contribution >= 0.6 is 0 Å². The summed E-state index contributed by atoms with van der Waals surface area (Å²) >= 11 is 0. The fourth-order valence-electron chi connectivity index (χ4n) is 2.09. The predicted molar refractivity (Wildman–Crippen MR) is 60.9 cm³/mol. The number of rotatable bonds is 3. The summed E-state index contributed by atoms with van der Waals surface area (Å²) in [6.45, 7) is 1.68. The van der Waals surface area contributed by atoms with Crippen LogP contribution in [0.5, 0.6) is 0 Å². The monoisotopic (exact) mass is 242 g/mol. The largest absolute Gasteiger partial charge is 0.469 e. The molecule has 0 saturated heterocycles. The summed E-state index contributed by atoms with van der Waals surface area (Å²) in [5, 5.41) is 21.9. The molecule has 0 spiro atoms. The molecule has 1 aliphatic rings. The number of carbonyl (C=O) groups is 1. The second-order valence-corrected chi connectivity index (χ2v) is 3.98. The molecule has 90 valence electrons. The number of hydrogen-bond donors (Lipinski definition) is 1. The van der Waals surface area contributed by atoms with Crippen LogP contribution in [0.15, 0.2) is 27.9 Å². The lowest BCUT2D eigenvalue weighted by molar-refractivity contribution is -0.122. The lowest BCUT2D eigenvalue weighted by Gasteiger charge is -2.20. The number of carbonyl (C=O) groups excluding carboxylic acids is 1. The Kier molecular flexibility index (Phi) is 3.11. The van der Waals surface area contributed by atoms with Gasteiger partial charge in [0.2, 0.25) is 5.91 Å². The zero-order chi connectivity index (χ0) is 13.1. The molecule has 0 saturated carbocycles. The van der Waals surface area contributed by atoms with Gasteiger partial charge in [-0.1, -0.05) is 0 Å². The number of nitrogens with zero attached hydrogens (tertiary/aromatic N) is 3. The SMILES string of the molecule is CC1=NNC(=O)C1C(c1ccco1)C(C#N)C#N. The zero-order valence-electron chi connectivity index (χ0n) is 9.62. The molecule has 0 radical (unpaired) electrons. The average molecular weight is 242 g/mol. The van der Waals surface area contributed by atoms with Gasteiger partial charge in [0.25, 0.3) is 0 Å². The molecule has 1 aliphatic heterocycles. The summed E-state index contributed by atoms with van der Waals surface area (Å²) < 4.78 is 5.25. The van der Waals surface area contributed by atoms with Crippen LogP contribution in [0, 0.1) is 34.5 Å². The third-order valence-corrected chi connectivity index (χ3v) is 2.94. The summed E-state index contributed by atoms with van der Waals surface area (Å²) in [5.41, 5.74) is 2.91. The van der Waals surface area contributed by atoms with E-state index in [1.54, 1.807) is 19.1 Å². The highest BCUT2D eigenvalue weighted by atomic mass is 16.3. The standard InChI is InChI=1S/C12H10N4O2/c1-7-10(12(17)16-15-7)11(8(5-13)6-14)9-3-2-4-18-9/h2-4,8,10-11H,1H3,(H,16,17). The minimum atomic E-state index is -0.963. The van der Waals surface area contributed by atoms with E-state index in [-0.39, 0.29) is 5.91 Å². The fraction of sp³-hybridized carbons (Fsp3) is 0.333. The van der Waals surface area contributed by atoms with Crippen molar-refractivity contribution in [2.75, 3.05) is 0 Å². The molecule has 2 rings (SSSR count). The van der Waals surface area contributed by atoms with Gasteiger partial charge in [-0.2, -0.15) is 15.6 Å². The van der Waals surface area contributed by atoms with Crippen molar-refractivity contribution in [3.63, 3.8) is 0 Å². The number of hydrazone groups is 1. The molecule has 2 heterocycles. The van der Waals surface area contributed by atoms with Crippen molar-refractivity contribution >= 4 is 11.6 Å². The van der Waals surface area contributed by atoms with E-state index < -0.39 is 17.8 Å². The number of furan rings is 1. The Morgan fingerprint density at radius 1 is 1.50 bits per heavy atom. The van der Waals surface area contributed by atoms with E-state index >= 15 is 0 Å². The Morgan fingerprint density at radius 3 is 2.67 bits per heavy atom. The summed E-state index contributed by atoms with van der Waals surface area (Å²) in [6, 6.07) is 7.12. The lowest BCUT2D eigenvalue weighted by Crippen LogP contribution is -2.31. The first-order chi connectivity index (χ1) is 8.69. The molecule has 2 atom stereocenters. The molecule has 18 heavy (non-hydrogen) atoms. The number of nitrogens with one attached hydrogen (secondary N) is 1. The number of hydrogen-bond acceptors (Lipinski definition) is 5. The van der Waals surface area contributed by atoms with Crippen molar-refractivity contribution in [2.24, 2.45) is 16.9 Å². The third-order valence-electron chi connectivity index (χ3n) is 2.94. The van der Waals surface area contributed by atoms with Gasteiger partial charge in [-0.25, -0.2) is 5.43 Å². The van der Waals surface area contributed by atoms with Gasteiger partial charge in [0.1, 0.15) is 11.7 Å². The quantitative estimate of drug-likeness (QED) is 0.858. The Hall–Kier alpha value is -2.60. The highest BCUT2D eigenvalue weighted by molar-refractivity contribution is 6.07. The van der Waals surface area contributed by atoms with Crippen LogP contribution < -0.4 is 5.43 Å². The van der Waals surface area contributed by atoms with Crippen molar-refractivity contribution in [3.8, 4) is 12.1 Å². The van der Waals surface area contributed by atoms with Crippen molar-refractivity contribution in [1.29, 1.82) is 10.5 Å². The molecule has 0 aromatic carbocycles. The van der Waals surface area contributed by atoms with Gasteiger partial charge in [-0.15, -0.1) is 0 Å². The van der Waals surface area contributed by atoms with Crippen LogP contribution in [-0.2, 0) is 4.79 Å². The first kappa shape index (κ1) is 11.9. The smallest absolute Gasteiger partial charge is 0.249 e. The van der Waals surface area contributed by atoms with E-state index in [2.05, 4.69) is 10.5 Å². The Labute approximate surface area is 104 Å². The van der Waals surface area contributed by atoms with Gasteiger partial charge < -0.3 is 4.42 Å². The molecule has 1 amide bonds. The average Bonchev–Trinajstić information content (AvgIpc) is 2.99.